The van der Waals surface area contributed by atoms with E-state index in [-0.39, 0.29) is 34.4 Å². The van der Waals surface area contributed by atoms with E-state index in [1.807, 2.05) is 0 Å². The van der Waals surface area contributed by atoms with E-state index in [2.05, 4.69) is 4.98 Å². The number of amides is 1. The Morgan fingerprint density at radius 2 is 1.68 bits per heavy atom. The first-order chi connectivity index (χ1) is 16.3. The number of benzene rings is 2. The summed E-state index contributed by atoms with van der Waals surface area (Å²) in [7, 11) is 0. The van der Waals surface area contributed by atoms with Crippen molar-refractivity contribution < 1.29 is 23.0 Å². The van der Waals surface area contributed by atoms with Crippen LogP contribution in [0.25, 0.3) is 0 Å². The number of halogens is 2. The molecule has 1 saturated heterocycles. The number of rotatable bonds is 6. The maximum Gasteiger partial charge on any atom is 0.259 e. The average molecular weight is 466 g/mol. The molecule has 0 atom stereocenters. The fourth-order valence-electron chi connectivity index (χ4n) is 3.71. The summed E-state index contributed by atoms with van der Waals surface area (Å²) in [6.45, 7) is 2.62. The van der Waals surface area contributed by atoms with Crippen LogP contribution in [0.15, 0.2) is 48.5 Å². The van der Waals surface area contributed by atoms with E-state index in [1.165, 1.54) is 25.1 Å². The molecule has 9 heteroatoms. The lowest BCUT2D eigenvalue weighted by Crippen LogP contribution is -2.35. The largest absolute Gasteiger partial charge is 0.436 e. The van der Waals surface area contributed by atoms with E-state index >= 15 is 0 Å². The summed E-state index contributed by atoms with van der Waals surface area (Å²) in [5.41, 5.74) is 5.85. The second-order valence-corrected chi connectivity index (χ2v) is 7.97. The van der Waals surface area contributed by atoms with Crippen LogP contribution >= 0.6 is 0 Å². The number of para-hydroxylation sites is 1. The predicted molar refractivity (Wildman–Crippen MR) is 123 cm³/mol. The molecule has 0 unspecified atom stereocenters. The third-order valence-electron chi connectivity index (χ3n) is 5.56. The van der Waals surface area contributed by atoms with E-state index in [4.69, 9.17) is 20.6 Å². The standard InChI is InChI=1S/C25H24F2N4O3/c1-15-20(26)23(30-24(21(15)27)34-19-11-4-3-10-18(19)22(28)29)33-17-9-7-8-16(14-17)25(32)31-12-5-2-6-13-31/h3-4,7-11,14H,2,5-6,12-13H2,1H3,(H3,28,29). The number of aromatic nitrogens is 1. The highest BCUT2D eigenvalue weighted by Gasteiger charge is 2.23. The van der Waals surface area contributed by atoms with Crippen molar-refractivity contribution in [1.82, 2.24) is 9.88 Å². The normalized spacial score (nSPS) is 13.4. The Kier molecular flexibility index (Phi) is 6.72. The van der Waals surface area contributed by atoms with Crippen LogP contribution in [0.1, 0.15) is 40.7 Å². The summed E-state index contributed by atoms with van der Waals surface area (Å²) >= 11 is 0. The van der Waals surface area contributed by atoms with Crippen LogP contribution < -0.4 is 15.2 Å². The van der Waals surface area contributed by atoms with Crippen LogP contribution in [0.2, 0.25) is 0 Å². The molecule has 3 aromatic rings. The minimum absolute atomic E-state index is 0.0903. The number of amidine groups is 1. The molecule has 0 bridgehead atoms. The lowest BCUT2D eigenvalue weighted by atomic mass is 10.1. The molecule has 2 heterocycles. The number of hydrogen-bond acceptors (Lipinski definition) is 5. The fourth-order valence-corrected chi connectivity index (χ4v) is 3.71. The molecule has 0 aliphatic carbocycles. The lowest BCUT2D eigenvalue weighted by molar-refractivity contribution is 0.0724. The molecule has 1 amide bonds. The fraction of sp³-hybridized carbons (Fsp3) is 0.240. The van der Waals surface area contributed by atoms with Gasteiger partial charge in [-0.1, -0.05) is 18.2 Å². The summed E-state index contributed by atoms with van der Waals surface area (Å²) < 4.78 is 40.7. The molecule has 0 radical (unpaired) electrons. The Bertz CT molecular complexity index is 1240. The van der Waals surface area contributed by atoms with Crippen molar-refractivity contribution in [2.24, 2.45) is 5.73 Å². The number of nitrogen functional groups attached to an aromatic ring is 1. The number of likely N-dealkylation sites (tertiary alicyclic amines) is 1. The molecular weight excluding hydrogens is 442 g/mol. The third-order valence-corrected chi connectivity index (χ3v) is 5.56. The van der Waals surface area contributed by atoms with Crippen molar-refractivity contribution in [2.45, 2.75) is 26.2 Å². The Hall–Kier alpha value is -4.01. The van der Waals surface area contributed by atoms with Crippen molar-refractivity contribution in [3.8, 4) is 23.3 Å². The second-order valence-electron chi connectivity index (χ2n) is 7.97. The number of carbonyl (C=O) groups excluding carboxylic acids is 1. The highest BCUT2D eigenvalue weighted by atomic mass is 19.1. The minimum atomic E-state index is -1.00. The average Bonchev–Trinajstić information content (AvgIpc) is 2.86. The van der Waals surface area contributed by atoms with Crippen molar-refractivity contribution in [3.63, 3.8) is 0 Å². The van der Waals surface area contributed by atoms with Crippen LogP contribution in [0, 0.1) is 24.0 Å². The monoisotopic (exact) mass is 466 g/mol. The first kappa shape index (κ1) is 23.2. The molecule has 34 heavy (non-hydrogen) atoms. The maximum atomic E-state index is 14.8. The lowest BCUT2D eigenvalue weighted by Gasteiger charge is -2.26. The zero-order valence-electron chi connectivity index (χ0n) is 18.6. The quantitative estimate of drug-likeness (QED) is 0.386. The van der Waals surface area contributed by atoms with Gasteiger partial charge in [0.25, 0.3) is 17.7 Å². The predicted octanol–water partition coefficient (Wildman–Crippen LogP) is 5.16. The van der Waals surface area contributed by atoms with Gasteiger partial charge in [-0.3, -0.25) is 10.2 Å². The van der Waals surface area contributed by atoms with Crippen LogP contribution in [0.4, 0.5) is 8.78 Å². The van der Waals surface area contributed by atoms with Crippen molar-refractivity contribution in [2.75, 3.05) is 13.1 Å². The van der Waals surface area contributed by atoms with Gasteiger partial charge in [0.1, 0.15) is 17.3 Å². The summed E-state index contributed by atoms with van der Waals surface area (Å²) in [5, 5.41) is 7.66. The van der Waals surface area contributed by atoms with Gasteiger partial charge < -0.3 is 20.1 Å². The number of piperidine rings is 1. The molecule has 1 aliphatic heterocycles. The van der Waals surface area contributed by atoms with Gasteiger partial charge in [0.2, 0.25) is 0 Å². The molecule has 0 saturated carbocycles. The smallest absolute Gasteiger partial charge is 0.259 e. The van der Waals surface area contributed by atoms with Gasteiger partial charge in [-0.25, -0.2) is 8.78 Å². The van der Waals surface area contributed by atoms with E-state index in [0.29, 0.717) is 18.7 Å². The molecule has 1 fully saturated rings. The SMILES string of the molecule is Cc1c(F)c(Oc2cccc(C(=O)N3CCCCC3)c2)nc(Oc2ccccc2C(=N)N)c1F. The molecular formula is C25H24F2N4O3. The molecule has 1 aliphatic rings. The van der Waals surface area contributed by atoms with Crippen molar-refractivity contribution in [1.29, 1.82) is 5.41 Å². The Morgan fingerprint density at radius 3 is 2.38 bits per heavy atom. The summed E-state index contributed by atoms with van der Waals surface area (Å²) in [6, 6.07) is 12.6. The van der Waals surface area contributed by atoms with Crippen molar-refractivity contribution >= 4 is 11.7 Å². The van der Waals surface area contributed by atoms with E-state index in [0.717, 1.165) is 19.3 Å². The Labute approximate surface area is 195 Å². The van der Waals surface area contributed by atoms with Crippen LogP contribution in [-0.2, 0) is 0 Å². The maximum absolute atomic E-state index is 14.8. The molecule has 0 spiro atoms. The number of nitrogens with two attached hydrogens (primary N) is 1. The van der Waals surface area contributed by atoms with Gasteiger partial charge in [0, 0.05) is 24.2 Å². The van der Waals surface area contributed by atoms with Crippen LogP contribution in [0.3, 0.4) is 0 Å². The summed E-state index contributed by atoms with van der Waals surface area (Å²) in [5.74, 6) is -3.15. The molecule has 4 rings (SSSR count). The first-order valence-electron chi connectivity index (χ1n) is 10.9. The van der Waals surface area contributed by atoms with E-state index < -0.39 is 23.4 Å². The number of nitrogens with zero attached hydrogens (tertiary/aromatic N) is 2. The van der Waals surface area contributed by atoms with Gasteiger partial charge in [-0.2, -0.15) is 4.98 Å². The first-order valence-corrected chi connectivity index (χ1v) is 10.9. The molecule has 1 aromatic heterocycles. The number of hydrogen-bond donors (Lipinski definition) is 2. The summed E-state index contributed by atoms with van der Waals surface area (Å²) in [4.78, 5) is 18.5. The molecule has 176 valence electrons. The Morgan fingerprint density at radius 1 is 1.00 bits per heavy atom. The number of ether oxygens (including phenoxy) is 2. The van der Waals surface area contributed by atoms with Crippen LogP contribution in [-0.4, -0.2) is 34.7 Å². The van der Waals surface area contributed by atoms with Crippen molar-refractivity contribution in [3.05, 3.63) is 76.9 Å². The third kappa shape index (κ3) is 4.83. The number of pyridine rings is 1. The van der Waals surface area contributed by atoms with E-state index in [1.54, 1.807) is 35.2 Å². The van der Waals surface area contributed by atoms with E-state index in [9.17, 15) is 13.6 Å². The highest BCUT2D eigenvalue weighted by molar-refractivity contribution is 5.97. The van der Waals surface area contributed by atoms with Gasteiger partial charge in [-0.05, 0) is 56.5 Å². The topological polar surface area (TPSA) is 102 Å². The summed E-state index contributed by atoms with van der Waals surface area (Å²) in [6.07, 6.45) is 3.02. The molecule has 2 aromatic carbocycles. The molecule has 3 N–H and O–H groups in total. The zero-order chi connectivity index (χ0) is 24.2. The molecule has 7 nitrogen and oxygen atoms in total. The highest BCUT2D eigenvalue weighted by Crippen LogP contribution is 2.34. The number of carbonyl (C=O) groups is 1. The van der Waals surface area contributed by atoms with Gasteiger partial charge in [0.15, 0.2) is 11.6 Å². The van der Waals surface area contributed by atoms with Crippen LogP contribution in [0.5, 0.6) is 23.3 Å². The zero-order valence-corrected chi connectivity index (χ0v) is 18.6. The van der Waals surface area contributed by atoms with Gasteiger partial charge in [0.05, 0.1) is 5.56 Å². The minimum Gasteiger partial charge on any atom is -0.436 e. The Balaban J connectivity index is 1.63. The van der Waals surface area contributed by atoms with Gasteiger partial charge >= 0.3 is 0 Å². The number of nitrogens with one attached hydrogen (secondary N) is 1. The second kappa shape index (κ2) is 9.86. The van der Waals surface area contributed by atoms with Gasteiger partial charge in [-0.15, -0.1) is 0 Å².